The summed E-state index contributed by atoms with van der Waals surface area (Å²) in [6.07, 6.45) is 0. The lowest BCUT2D eigenvalue weighted by Gasteiger charge is -2.02. The zero-order chi connectivity index (χ0) is 11.7. The molecule has 0 saturated heterocycles. The summed E-state index contributed by atoms with van der Waals surface area (Å²) in [5, 5.41) is 1.03. The van der Waals surface area contributed by atoms with Gasteiger partial charge in [-0.05, 0) is 35.3 Å². The third kappa shape index (κ3) is 2.19. The number of halogens is 1. The Balaban J connectivity index is 2.50. The molecule has 2 nitrogen and oxygen atoms in total. The molecule has 84 valence electrons. The van der Waals surface area contributed by atoms with Gasteiger partial charge in [-0.1, -0.05) is 23.8 Å². The van der Waals surface area contributed by atoms with Gasteiger partial charge in [0.25, 0.3) is 0 Å². The van der Waals surface area contributed by atoms with Crippen LogP contribution in [0.15, 0.2) is 22.0 Å². The highest BCUT2D eigenvalue weighted by Crippen LogP contribution is 2.33. The lowest BCUT2D eigenvalue weighted by Crippen LogP contribution is -1.97. The summed E-state index contributed by atoms with van der Waals surface area (Å²) in [4.78, 5) is 4.54. The number of hydrogen-bond donors (Lipinski definition) is 1. The molecule has 1 aromatic heterocycles. The molecule has 0 aliphatic rings. The monoisotopic (exact) mass is 296 g/mol. The van der Waals surface area contributed by atoms with Gasteiger partial charge in [0.1, 0.15) is 5.01 Å². The van der Waals surface area contributed by atoms with Crippen LogP contribution < -0.4 is 5.73 Å². The molecule has 2 aromatic rings. The van der Waals surface area contributed by atoms with Crippen molar-refractivity contribution in [1.29, 1.82) is 0 Å². The SMILES string of the molecule is Cc1ccc(-c2nc(CN)c(Br)s2)c(C)c1. The Kier molecular flexibility index (Phi) is 3.42. The molecular weight excluding hydrogens is 284 g/mol. The Hall–Kier alpha value is -0.710. The van der Waals surface area contributed by atoms with Crippen molar-refractivity contribution in [2.75, 3.05) is 0 Å². The molecule has 0 atom stereocenters. The van der Waals surface area contributed by atoms with Crippen LogP contribution in [0, 0.1) is 13.8 Å². The van der Waals surface area contributed by atoms with Crippen LogP contribution in [0.5, 0.6) is 0 Å². The summed E-state index contributed by atoms with van der Waals surface area (Å²) in [5.74, 6) is 0. The van der Waals surface area contributed by atoms with E-state index in [-0.39, 0.29) is 0 Å². The molecule has 0 unspecified atom stereocenters. The smallest absolute Gasteiger partial charge is 0.125 e. The summed E-state index contributed by atoms with van der Waals surface area (Å²) in [7, 11) is 0. The zero-order valence-electron chi connectivity index (χ0n) is 9.25. The fourth-order valence-corrected chi connectivity index (χ4v) is 3.25. The van der Waals surface area contributed by atoms with Gasteiger partial charge in [-0.25, -0.2) is 4.98 Å². The number of benzene rings is 1. The Morgan fingerprint density at radius 3 is 2.69 bits per heavy atom. The lowest BCUT2D eigenvalue weighted by atomic mass is 10.1. The molecule has 2 N–H and O–H groups in total. The summed E-state index contributed by atoms with van der Waals surface area (Å²) in [6.45, 7) is 4.68. The van der Waals surface area contributed by atoms with Crippen LogP contribution in [0.2, 0.25) is 0 Å². The minimum Gasteiger partial charge on any atom is -0.325 e. The van der Waals surface area contributed by atoms with Gasteiger partial charge in [0.2, 0.25) is 0 Å². The van der Waals surface area contributed by atoms with Crippen molar-refractivity contribution in [2.45, 2.75) is 20.4 Å². The predicted octanol–water partition coefficient (Wildman–Crippen LogP) is 3.65. The first-order chi connectivity index (χ1) is 7.61. The van der Waals surface area contributed by atoms with Gasteiger partial charge in [-0.3, -0.25) is 0 Å². The first kappa shape index (κ1) is 11.8. The van der Waals surface area contributed by atoms with Crippen molar-refractivity contribution in [3.63, 3.8) is 0 Å². The molecule has 0 aliphatic heterocycles. The minimum atomic E-state index is 0.474. The second kappa shape index (κ2) is 4.65. The van der Waals surface area contributed by atoms with Crippen LogP contribution in [0.25, 0.3) is 10.6 Å². The van der Waals surface area contributed by atoms with Crippen molar-refractivity contribution >= 4 is 27.3 Å². The molecule has 0 fully saturated rings. The molecule has 0 saturated carbocycles. The molecule has 0 aliphatic carbocycles. The molecule has 0 amide bonds. The normalized spacial score (nSPS) is 10.8. The van der Waals surface area contributed by atoms with Crippen LogP contribution in [-0.4, -0.2) is 4.98 Å². The number of nitrogens with two attached hydrogens (primary N) is 1. The summed E-state index contributed by atoms with van der Waals surface area (Å²) >= 11 is 5.13. The standard InChI is InChI=1S/C12H13BrN2S/c1-7-3-4-9(8(2)5-7)12-15-10(6-14)11(13)16-12/h3-5H,6,14H2,1-2H3. The number of thiazole rings is 1. The van der Waals surface area contributed by atoms with Crippen LogP contribution in [0.4, 0.5) is 0 Å². The summed E-state index contributed by atoms with van der Waals surface area (Å²) < 4.78 is 1.03. The number of hydrogen-bond acceptors (Lipinski definition) is 3. The number of aryl methyl sites for hydroxylation is 2. The van der Waals surface area contributed by atoms with E-state index in [0.29, 0.717) is 6.54 Å². The van der Waals surface area contributed by atoms with Gasteiger partial charge in [-0.2, -0.15) is 0 Å². The Bertz CT molecular complexity index is 520. The Labute approximate surface area is 108 Å². The van der Waals surface area contributed by atoms with E-state index < -0.39 is 0 Å². The number of nitrogens with zero attached hydrogens (tertiary/aromatic N) is 1. The molecule has 1 heterocycles. The third-order valence-corrected chi connectivity index (χ3v) is 4.32. The van der Waals surface area contributed by atoms with Crippen molar-refractivity contribution in [2.24, 2.45) is 5.73 Å². The quantitative estimate of drug-likeness (QED) is 0.919. The molecule has 1 aromatic carbocycles. The highest BCUT2D eigenvalue weighted by molar-refractivity contribution is 9.11. The van der Waals surface area contributed by atoms with Crippen LogP contribution in [0.3, 0.4) is 0 Å². The third-order valence-electron chi connectivity index (χ3n) is 2.46. The molecule has 0 bridgehead atoms. The maximum absolute atomic E-state index is 5.62. The van der Waals surface area contributed by atoms with Crippen LogP contribution in [-0.2, 0) is 6.54 Å². The Morgan fingerprint density at radius 1 is 1.38 bits per heavy atom. The molecule has 0 radical (unpaired) electrons. The van der Waals surface area contributed by atoms with Crippen molar-refractivity contribution < 1.29 is 0 Å². The number of aromatic nitrogens is 1. The highest BCUT2D eigenvalue weighted by Gasteiger charge is 2.10. The average Bonchev–Trinajstić information content (AvgIpc) is 2.59. The molecule has 4 heteroatoms. The van der Waals surface area contributed by atoms with Crippen molar-refractivity contribution in [1.82, 2.24) is 4.98 Å². The number of rotatable bonds is 2. The van der Waals surface area contributed by atoms with Crippen molar-refractivity contribution in [3.05, 3.63) is 38.8 Å². The molecule has 16 heavy (non-hydrogen) atoms. The summed E-state index contributed by atoms with van der Waals surface area (Å²) in [6, 6.07) is 6.41. The fraction of sp³-hybridized carbons (Fsp3) is 0.250. The zero-order valence-corrected chi connectivity index (χ0v) is 11.7. The fourth-order valence-electron chi connectivity index (χ4n) is 1.63. The van der Waals surface area contributed by atoms with Gasteiger partial charge in [0.05, 0.1) is 9.48 Å². The van der Waals surface area contributed by atoms with E-state index in [4.69, 9.17) is 5.73 Å². The highest BCUT2D eigenvalue weighted by atomic mass is 79.9. The van der Waals surface area contributed by atoms with E-state index in [1.54, 1.807) is 11.3 Å². The second-order valence-corrected chi connectivity index (χ2v) is 6.08. The Morgan fingerprint density at radius 2 is 2.12 bits per heavy atom. The van der Waals surface area contributed by atoms with Gasteiger partial charge in [0.15, 0.2) is 0 Å². The predicted molar refractivity (Wildman–Crippen MR) is 72.6 cm³/mol. The first-order valence-corrected chi connectivity index (χ1v) is 6.65. The average molecular weight is 297 g/mol. The van der Waals surface area contributed by atoms with E-state index in [2.05, 4.69) is 53.0 Å². The van der Waals surface area contributed by atoms with Gasteiger partial charge in [0, 0.05) is 12.1 Å². The minimum absolute atomic E-state index is 0.474. The van der Waals surface area contributed by atoms with Gasteiger partial charge >= 0.3 is 0 Å². The van der Waals surface area contributed by atoms with E-state index in [1.165, 1.54) is 16.7 Å². The largest absolute Gasteiger partial charge is 0.325 e. The second-order valence-electron chi connectivity index (χ2n) is 3.76. The first-order valence-electron chi connectivity index (χ1n) is 5.04. The van der Waals surface area contributed by atoms with E-state index >= 15 is 0 Å². The molecule has 2 rings (SSSR count). The van der Waals surface area contributed by atoms with E-state index in [1.807, 2.05) is 0 Å². The van der Waals surface area contributed by atoms with Gasteiger partial charge in [-0.15, -0.1) is 11.3 Å². The van der Waals surface area contributed by atoms with Crippen LogP contribution >= 0.6 is 27.3 Å². The lowest BCUT2D eigenvalue weighted by molar-refractivity contribution is 1.01. The van der Waals surface area contributed by atoms with E-state index in [9.17, 15) is 0 Å². The molecule has 0 spiro atoms. The van der Waals surface area contributed by atoms with Gasteiger partial charge < -0.3 is 5.73 Å². The van der Waals surface area contributed by atoms with Crippen molar-refractivity contribution in [3.8, 4) is 10.6 Å². The maximum atomic E-state index is 5.62. The van der Waals surface area contributed by atoms with Crippen LogP contribution in [0.1, 0.15) is 16.8 Å². The maximum Gasteiger partial charge on any atom is 0.125 e. The molecular formula is C12H13BrN2S. The summed E-state index contributed by atoms with van der Waals surface area (Å²) in [5.41, 5.74) is 10.3. The topological polar surface area (TPSA) is 38.9 Å². The van der Waals surface area contributed by atoms with E-state index in [0.717, 1.165) is 14.5 Å².